The SMILES string of the molecule is Cc1cc(C)c(C(=O)N[C@@H]2CN(Cc3ccccc3)CC[C@@H]2CO)[nH]1. The molecule has 1 aromatic carbocycles. The number of aliphatic hydroxyl groups excluding tert-OH is 1. The summed E-state index contributed by atoms with van der Waals surface area (Å²) in [4.78, 5) is 18.1. The van der Waals surface area contributed by atoms with Gasteiger partial charge in [0.15, 0.2) is 0 Å². The van der Waals surface area contributed by atoms with Gasteiger partial charge in [0.1, 0.15) is 5.69 Å². The monoisotopic (exact) mass is 341 g/mol. The number of aryl methyl sites for hydroxylation is 2. The van der Waals surface area contributed by atoms with E-state index in [-0.39, 0.29) is 24.5 Å². The van der Waals surface area contributed by atoms with Gasteiger partial charge < -0.3 is 15.4 Å². The molecule has 1 aromatic heterocycles. The quantitative estimate of drug-likeness (QED) is 0.781. The van der Waals surface area contributed by atoms with Crippen LogP contribution in [0.3, 0.4) is 0 Å². The van der Waals surface area contributed by atoms with Crippen LogP contribution in [0, 0.1) is 19.8 Å². The van der Waals surface area contributed by atoms with Gasteiger partial charge in [-0.05, 0) is 44.0 Å². The number of amides is 1. The second-order valence-corrected chi connectivity index (χ2v) is 7.04. The minimum atomic E-state index is -0.0874. The van der Waals surface area contributed by atoms with Gasteiger partial charge >= 0.3 is 0 Å². The van der Waals surface area contributed by atoms with Crippen molar-refractivity contribution in [2.24, 2.45) is 5.92 Å². The molecule has 0 aliphatic carbocycles. The van der Waals surface area contributed by atoms with Gasteiger partial charge in [0, 0.05) is 37.4 Å². The van der Waals surface area contributed by atoms with Gasteiger partial charge in [0.2, 0.25) is 0 Å². The minimum Gasteiger partial charge on any atom is -0.396 e. The number of carbonyl (C=O) groups is 1. The Morgan fingerprint density at radius 3 is 2.72 bits per heavy atom. The summed E-state index contributed by atoms with van der Waals surface area (Å²) < 4.78 is 0. The van der Waals surface area contributed by atoms with Crippen molar-refractivity contribution >= 4 is 5.91 Å². The molecule has 134 valence electrons. The number of hydrogen-bond acceptors (Lipinski definition) is 3. The molecule has 1 aliphatic rings. The first-order chi connectivity index (χ1) is 12.1. The van der Waals surface area contributed by atoms with Gasteiger partial charge in [-0.2, -0.15) is 0 Å². The maximum Gasteiger partial charge on any atom is 0.268 e. The van der Waals surface area contributed by atoms with Crippen molar-refractivity contribution in [1.82, 2.24) is 15.2 Å². The Balaban J connectivity index is 1.66. The number of nitrogens with zero attached hydrogens (tertiary/aromatic N) is 1. The van der Waals surface area contributed by atoms with E-state index in [2.05, 4.69) is 27.3 Å². The lowest BCUT2D eigenvalue weighted by Crippen LogP contribution is -2.53. The first-order valence-electron chi connectivity index (χ1n) is 8.91. The average molecular weight is 341 g/mol. The molecule has 0 radical (unpaired) electrons. The molecular formula is C20H27N3O2. The van der Waals surface area contributed by atoms with Crippen LogP contribution in [0.4, 0.5) is 0 Å². The second-order valence-electron chi connectivity index (χ2n) is 7.04. The summed E-state index contributed by atoms with van der Waals surface area (Å²) >= 11 is 0. The van der Waals surface area contributed by atoms with Gasteiger partial charge in [0.25, 0.3) is 5.91 Å². The highest BCUT2D eigenvalue weighted by Crippen LogP contribution is 2.20. The smallest absolute Gasteiger partial charge is 0.268 e. The van der Waals surface area contributed by atoms with Crippen molar-refractivity contribution in [1.29, 1.82) is 0 Å². The number of benzene rings is 1. The van der Waals surface area contributed by atoms with Crippen molar-refractivity contribution in [3.63, 3.8) is 0 Å². The topological polar surface area (TPSA) is 68.4 Å². The van der Waals surface area contributed by atoms with Crippen LogP contribution in [0.25, 0.3) is 0 Å². The Hall–Kier alpha value is -2.11. The van der Waals surface area contributed by atoms with Crippen LogP contribution < -0.4 is 5.32 Å². The number of aromatic amines is 1. The van der Waals surface area contributed by atoms with Crippen LogP contribution in [0.2, 0.25) is 0 Å². The molecule has 0 spiro atoms. The molecular weight excluding hydrogens is 314 g/mol. The molecule has 1 aliphatic heterocycles. The van der Waals surface area contributed by atoms with Gasteiger partial charge in [-0.3, -0.25) is 9.69 Å². The number of aromatic nitrogens is 1. The Bertz CT molecular complexity index is 711. The van der Waals surface area contributed by atoms with Crippen molar-refractivity contribution in [3.8, 4) is 0 Å². The normalized spacial score (nSPS) is 21.2. The molecule has 2 aromatic rings. The first-order valence-corrected chi connectivity index (χ1v) is 8.91. The first kappa shape index (κ1) is 17.7. The van der Waals surface area contributed by atoms with Crippen LogP contribution in [-0.4, -0.2) is 46.6 Å². The van der Waals surface area contributed by atoms with E-state index in [1.807, 2.05) is 38.1 Å². The molecule has 3 N–H and O–H groups in total. The number of piperidine rings is 1. The van der Waals surface area contributed by atoms with Gasteiger partial charge in [-0.25, -0.2) is 0 Å². The molecule has 2 atom stereocenters. The summed E-state index contributed by atoms with van der Waals surface area (Å²) in [5.41, 5.74) is 3.82. The average Bonchev–Trinajstić information content (AvgIpc) is 2.94. The lowest BCUT2D eigenvalue weighted by Gasteiger charge is -2.38. The Morgan fingerprint density at radius 2 is 2.08 bits per heavy atom. The fraction of sp³-hybridized carbons (Fsp3) is 0.450. The van der Waals surface area contributed by atoms with Crippen LogP contribution in [0.15, 0.2) is 36.4 Å². The fourth-order valence-electron chi connectivity index (χ4n) is 3.64. The minimum absolute atomic E-state index is 0.0435. The van der Waals surface area contributed by atoms with E-state index in [0.717, 1.165) is 37.3 Å². The summed E-state index contributed by atoms with van der Waals surface area (Å²) in [5, 5.41) is 12.8. The molecule has 5 heteroatoms. The third kappa shape index (κ3) is 4.30. The summed E-state index contributed by atoms with van der Waals surface area (Å²) in [6, 6.07) is 12.3. The molecule has 1 saturated heterocycles. The maximum atomic E-state index is 12.6. The predicted molar refractivity (Wildman–Crippen MR) is 98.4 cm³/mol. The van der Waals surface area contributed by atoms with Crippen molar-refractivity contribution in [2.75, 3.05) is 19.7 Å². The van der Waals surface area contributed by atoms with Crippen molar-refractivity contribution in [3.05, 3.63) is 58.9 Å². The van der Waals surface area contributed by atoms with E-state index in [9.17, 15) is 9.90 Å². The highest BCUT2D eigenvalue weighted by Gasteiger charge is 2.30. The van der Waals surface area contributed by atoms with Gasteiger partial charge in [-0.1, -0.05) is 30.3 Å². The van der Waals surface area contributed by atoms with E-state index in [1.165, 1.54) is 5.56 Å². The van der Waals surface area contributed by atoms with E-state index >= 15 is 0 Å². The van der Waals surface area contributed by atoms with Crippen molar-refractivity contribution < 1.29 is 9.90 Å². The van der Waals surface area contributed by atoms with E-state index in [1.54, 1.807) is 0 Å². The molecule has 1 fully saturated rings. The fourth-order valence-corrected chi connectivity index (χ4v) is 3.64. The third-order valence-electron chi connectivity index (χ3n) is 5.02. The molecule has 25 heavy (non-hydrogen) atoms. The van der Waals surface area contributed by atoms with Crippen molar-refractivity contribution in [2.45, 2.75) is 32.9 Å². The Labute approximate surface area is 149 Å². The number of carbonyl (C=O) groups excluding carboxylic acids is 1. The number of aliphatic hydroxyl groups is 1. The molecule has 0 bridgehead atoms. The van der Waals surface area contributed by atoms with E-state index < -0.39 is 0 Å². The van der Waals surface area contributed by atoms with Crippen LogP contribution in [-0.2, 0) is 6.54 Å². The second kappa shape index (κ2) is 7.85. The van der Waals surface area contributed by atoms with E-state index in [0.29, 0.717) is 5.69 Å². The number of likely N-dealkylation sites (tertiary alicyclic amines) is 1. The number of nitrogens with one attached hydrogen (secondary N) is 2. The summed E-state index contributed by atoms with van der Waals surface area (Å²) in [6.45, 7) is 6.55. The lowest BCUT2D eigenvalue weighted by molar-refractivity contribution is 0.0727. The van der Waals surface area contributed by atoms with Crippen LogP contribution >= 0.6 is 0 Å². The highest BCUT2D eigenvalue weighted by atomic mass is 16.3. The summed E-state index contributed by atoms with van der Waals surface area (Å²) in [7, 11) is 0. The molecule has 3 rings (SSSR count). The zero-order valence-corrected chi connectivity index (χ0v) is 15.0. The van der Waals surface area contributed by atoms with Crippen LogP contribution in [0.1, 0.15) is 33.7 Å². The molecule has 0 unspecified atom stereocenters. The molecule has 5 nitrogen and oxygen atoms in total. The van der Waals surface area contributed by atoms with Gasteiger partial charge in [0.05, 0.1) is 0 Å². The lowest BCUT2D eigenvalue weighted by atomic mass is 9.91. The van der Waals surface area contributed by atoms with Gasteiger partial charge in [-0.15, -0.1) is 0 Å². The molecule has 2 heterocycles. The Kier molecular flexibility index (Phi) is 5.56. The number of rotatable bonds is 5. The largest absolute Gasteiger partial charge is 0.396 e. The third-order valence-corrected chi connectivity index (χ3v) is 5.02. The molecule has 1 amide bonds. The van der Waals surface area contributed by atoms with E-state index in [4.69, 9.17) is 0 Å². The number of hydrogen-bond donors (Lipinski definition) is 3. The van der Waals surface area contributed by atoms with Crippen LogP contribution in [0.5, 0.6) is 0 Å². The molecule has 0 saturated carbocycles. The summed E-state index contributed by atoms with van der Waals surface area (Å²) in [6.07, 6.45) is 0.886. The zero-order chi connectivity index (χ0) is 17.8. The Morgan fingerprint density at radius 1 is 1.32 bits per heavy atom. The zero-order valence-electron chi connectivity index (χ0n) is 15.0. The maximum absolute atomic E-state index is 12.6. The predicted octanol–water partition coefficient (Wildman–Crippen LogP) is 2.24. The summed E-state index contributed by atoms with van der Waals surface area (Å²) in [5.74, 6) is 0.0166. The highest BCUT2D eigenvalue weighted by molar-refractivity contribution is 5.94. The standard InChI is InChI=1S/C20H27N3O2/c1-14-10-15(2)21-19(14)20(25)22-18-12-23(9-8-17(18)13-24)11-16-6-4-3-5-7-16/h3-7,10,17-18,21,24H,8-9,11-13H2,1-2H3,(H,22,25)/t17-,18-/m1/s1. The number of H-pyrrole nitrogens is 1.